The molecule has 0 unspecified atom stereocenters. The Labute approximate surface area is 106 Å². The van der Waals surface area contributed by atoms with Crippen molar-refractivity contribution in [3.63, 3.8) is 0 Å². The fourth-order valence-electron chi connectivity index (χ4n) is 1.71. The summed E-state index contributed by atoms with van der Waals surface area (Å²) in [4.78, 5) is 0. The summed E-state index contributed by atoms with van der Waals surface area (Å²) in [6, 6.07) is 0. The lowest BCUT2D eigenvalue weighted by Gasteiger charge is -2.06. The van der Waals surface area contributed by atoms with Crippen molar-refractivity contribution < 1.29 is 0 Å². The maximum atomic E-state index is 6.10. The normalized spacial score (nSPS) is 11.6. The van der Waals surface area contributed by atoms with Gasteiger partial charge in [0.25, 0.3) is 0 Å². The summed E-state index contributed by atoms with van der Waals surface area (Å²) < 4.78 is 1.77. The Hall–Kier alpha value is -1.16. The molecule has 2 aromatic rings. The van der Waals surface area contributed by atoms with Crippen LogP contribution in [-0.2, 0) is 6.42 Å². The van der Waals surface area contributed by atoms with Crippen molar-refractivity contribution in [3.8, 4) is 0 Å². The lowest BCUT2D eigenvalue weighted by molar-refractivity contribution is 0.568. The summed E-state index contributed by atoms with van der Waals surface area (Å²) in [5.74, 6) is 1.53. The first-order chi connectivity index (χ1) is 8.00. The molecule has 0 fully saturated rings. The van der Waals surface area contributed by atoms with Gasteiger partial charge in [-0.2, -0.15) is 9.61 Å². The van der Waals surface area contributed by atoms with E-state index in [2.05, 4.69) is 29.1 Å². The molecule has 92 valence electrons. The van der Waals surface area contributed by atoms with Gasteiger partial charge >= 0.3 is 0 Å². The van der Waals surface area contributed by atoms with Crippen LogP contribution in [0.3, 0.4) is 0 Å². The molecule has 2 rings (SSSR count). The minimum absolute atomic E-state index is 0.528. The smallest absolute Gasteiger partial charge is 0.181 e. The Kier molecular flexibility index (Phi) is 3.33. The molecule has 17 heavy (non-hydrogen) atoms. The number of nitrogens with zero attached hydrogens (tertiary/aromatic N) is 4. The van der Waals surface area contributed by atoms with E-state index in [1.165, 1.54) is 0 Å². The first-order valence-electron chi connectivity index (χ1n) is 5.87. The molecule has 2 aromatic heterocycles. The standard InChI is InChI=1S/C12H17ClN4/c1-7(2)5-6-10-14-15-12-9(4)8(3)11(13)16-17(10)12/h7H,5-6H2,1-4H3. The van der Waals surface area contributed by atoms with E-state index < -0.39 is 0 Å². The molecule has 2 heterocycles. The first-order valence-corrected chi connectivity index (χ1v) is 6.25. The number of rotatable bonds is 3. The number of hydrogen-bond acceptors (Lipinski definition) is 3. The van der Waals surface area contributed by atoms with Crippen molar-refractivity contribution in [2.24, 2.45) is 5.92 Å². The van der Waals surface area contributed by atoms with E-state index >= 15 is 0 Å². The van der Waals surface area contributed by atoms with E-state index in [0.717, 1.165) is 35.4 Å². The van der Waals surface area contributed by atoms with Crippen molar-refractivity contribution in [1.82, 2.24) is 19.8 Å². The number of hydrogen-bond donors (Lipinski definition) is 0. The Bertz CT molecular complexity index is 545. The van der Waals surface area contributed by atoms with Crippen LogP contribution in [0.15, 0.2) is 0 Å². The molecule has 5 heteroatoms. The number of halogens is 1. The average molecular weight is 253 g/mol. The highest BCUT2D eigenvalue weighted by atomic mass is 35.5. The molecule has 0 radical (unpaired) electrons. The quantitative estimate of drug-likeness (QED) is 0.844. The van der Waals surface area contributed by atoms with Crippen molar-refractivity contribution in [2.75, 3.05) is 0 Å². The largest absolute Gasteiger partial charge is 0.196 e. The highest BCUT2D eigenvalue weighted by Gasteiger charge is 2.13. The van der Waals surface area contributed by atoms with Crippen molar-refractivity contribution in [2.45, 2.75) is 40.5 Å². The van der Waals surface area contributed by atoms with E-state index in [-0.39, 0.29) is 0 Å². The van der Waals surface area contributed by atoms with E-state index in [0.29, 0.717) is 11.1 Å². The monoisotopic (exact) mass is 252 g/mol. The molecule has 0 aliphatic rings. The van der Waals surface area contributed by atoms with Crippen LogP contribution in [0.1, 0.15) is 37.2 Å². The minimum Gasteiger partial charge on any atom is -0.196 e. The molecule has 0 atom stereocenters. The van der Waals surface area contributed by atoms with E-state index in [1.807, 2.05) is 13.8 Å². The van der Waals surface area contributed by atoms with Crippen LogP contribution in [0.5, 0.6) is 0 Å². The SMILES string of the molecule is Cc1c(Cl)nn2c(CCC(C)C)nnc2c1C. The second kappa shape index (κ2) is 4.61. The Morgan fingerprint density at radius 3 is 2.53 bits per heavy atom. The van der Waals surface area contributed by atoms with Gasteiger partial charge in [0, 0.05) is 12.0 Å². The predicted octanol–water partition coefficient (Wildman–Crippen LogP) is 2.98. The molecule has 0 bridgehead atoms. The van der Waals surface area contributed by atoms with Gasteiger partial charge in [0.15, 0.2) is 16.6 Å². The van der Waals surface area contributed by atoms with E-state index in [4.69, 9.17) is 11.6 Å². The fraction of sp³-hybridized carbons (Fsp3) is 0.583. The molecule has 0 aromatic carbocycles. The third-order valence-electron chi connectivity index (χ3n) is 3.05. The third-order valence-corrected chi connectivity index (χ3v) is 3.40. The van der Waals surface area contributed by atoms with Crippen LogP contribution in [0.2, 0.25) is 5.15 Å². The molecular weight excluding hydrogens is 236 g/mol. The molecular formula is C12H17ClN4. The highest BCUT2D eigenvalue weighted by molar-refractivity contribution is 6.30. The van der Waals surface area contributed by atoms with Crippen LogP contribution in [0, 0.1) is 19.8 Å². The topological polar surface area (TPSA) is 43.1 Å². The predicted molar refractivity (Wildman–Crippen MR) is 68.4 cm³/mol. The van der Waals surface area contributed by atoms with Crippen LogP contribution >= 0.6 is 11.6 Å². The lowest BCUT2D eigenvalue weighted by Crippen LogP contribution is -2.04. The summed E-state index contributed by atoms with van der Waals surface area (Å²) in [6.07, 6.45) is 1.96. The molecule has 0 saturated heterocycles. The summed E-state index contributed by atoms with van der Waals surface area (Å²) in [5.41, 5.74) is 2.83. The molecule has 0 saturated carbocycles. The van der Waals surface area contributed by atoms with Gasteiger partial charge in [-0.05, 0) is 31.7 Å². The van der Waals surface area contributed by atoms with Gasteiger partial charge in [0.1, 0.15) is 0 Å². The van der Waals surface area contributed by atoms with Gasteiger partial charge in [-0.3, -0.25) is 0 Å². The van der Waals surface area contributed by atoms with Crippen LogP contribution < -0.4 is 0 Å². The van der Waals surface area contributed by atoms with Gasteiger partial charge in [-0.25, -0.2) is 0 Å². The Balaban J connectivity index is 2.46. The molecule has 0 aliphatic carbocycles. The lowest BCUT2D eigenvalue weighted by atomic mass is 10.1. The zero-order valence-corrected chi connectivity index (χ0v) is 11.4. The minimum atomic E-state index is 0.528. The van der Waals surface area contributed by atoms with E-state index in [9.17, 15) is 0 Å². The van der Waals surface area contributed by atoms with Crippen LogP contribution in [0.25, 0.3) is 5.65 Å². The fourth-order valence-corrected chi connectivity index (χ4v) is 1.93. The average Bonchev–Trinajstić information content (AvgIpc) is 2.66. The highest BCUT2D eigenvalue weighted by Crippen LogP contribution is 2.20. The second-order valence-corrected chi connectivity index (χ2v) is 5.18. The Morgan fingerprint density at radius 1 is 1.18 bits per heavy atom. The molecule has 0 aliphatic heterocycles. The van der Waals surface area contributed by atoms with Crippen LogP contribution in [0.4, 0.5) is 0 Å². The zero-order chi connectivity index (χ0) is 12.6. The van der Waals surface area contributed by atoms with Gasteiger partial charge in [-0.1, -0.05) is 25.4 Å². The summed E-state index contributed by atoms with van der Waals surface area (Å²) in [5, 5.41) is 13.3. The summed E-state index contributed by atoms with van der Waals surface area (Å²) in [7, 11) is 0. The van der Waals surface area contributed by atoms with Gasteiger partial charge < -0.3 is 0 Å². The third kappa shape index (κ3) is 2.27. The Morgan fingerprint density at radius 2 is 1.88 bits per heavy atom. The molecule has 0 N–H and O–H groups in total. The van der Waals surface area contributed by atoms with Crippen LogP contribution in [-0.4, -0.2) is 19.8 Å². The van der Waals surface area contributed by atoms with Gasteiger partial charge in [0.2, 0.25) is 0 Å². The van der Waals surface area contributed by atoms with Crippen molar-refractivity contribution >= 4 is 17.2 Å². The zero-order valence-electron chi connectivity index (χ0n) is 10.7. The van der Waals surface area contributed by atoms with Crippen molar-refractivity contribution in [1.29, 1.82) is 0 Å². The summed E-state index contributed by atoms with van der Waals surface area (Å²) >= 11 is 6.10. The maximum absolute atomic E-state index is 6.10. The number of aryl methyl sites for hydroxylation is 2. The molecule has 4 nitrogen and oxygen atoms in total. The molecule has 0 amide bonds. The van der Waals surface area contributed by atoms with Gasteiger partial charge in [0.05, 0.1) is 0 Å². The van der Waals surface area contributed by atoms with Crippen molar-refractivity contribution in [3.05, 3.63) is 22.1 Å². The second-order valence-electron chi connectivity index (χ2n) is 4.82. The first kappa shape index (κ1) is 12.3. The summed E-state index contributed by atoms with van der Waals surface area (Å²) in [6.45, 7) is 8.34. The molecule has 0 spiro atoms. The van der Waals surface area contributed by atoms with E-state index in [1.54, 1.807) is 4.52 Å². The maximum Gasteiger partial charge on any atom is 0.181 e. The number of aromatic nitrogens is 4. The number of fused-ring (bicyclic) bond motifs is 1. The van der Waals surface area contributed by atoms with Gasteiger partial charge in [-0.15, -0.1) is 10.2 Å².